The van der Waals surface area contributed by atoms with Gasteiger partial charge < -0.3 is 10.6 Å². The fraction of sp³-hybridized carbons (Fsp3) is 0.375. The second-order valence-electron chi connectivity index (χ2n) is 5.10. The van der Waals surface area contributed by atoms with Gasteiger partial charge >= 0.3 is 0 Å². The molecule has 126 valence electrons. The van der Waals surface area contributed by atoms with Gasteiger partial charge in [-0.2, -0.15) is 0 Å². The Bertz CT molecular complexity index is 652. The number of rotatable bonds is 4. The first-order valence-corrected chi connectivity index (χ1v) is 8.34. The smallest absolute Gasteiger partial charge is 0.191 e. The van der Waals surface area contributed by atoms with Crippen LogP contribution < -0.4 is 10.6 Å². The van der Waals surface area contributed by atoms with Gasteiger partial charge in [0.25, 0.3) is 0 Å². The molecule has 1 aromatic heterocycles. The number of aliphatic imine (C=N–C) groups is 1. The van der Waals surface area contributed by atoms with Gasteiger partial charge in [0.2, 0.25) is 0 Å². The van der Waals surface area contributed by atoms with E-state index in [9.17, 15) is 0 Å². The van der Waals surface area contributed by atoms with Crippen LogP contribution in [-0.4, -0.2) is 18.0 Å². The zero-order valence-electron chi connectivity index (χ0n) is 13.7. The summed E-state index contributed by atoms with van der Waals surface area (Å²) in [6.07, 6.45) is 0. The molecule has 0 aliphatic heterocycles. The molecule has 1 aromatic carbocycles. The van der Waals surface area contributed by atoms with Gasteiger partial charge in [0.05, 0.1) is 18.3 Å². The van der Waals surface area contributed by atoms with Crippen molar-refractivity contribution >= 4 is 52.9 Å². The van der Waals surface area contributed by atoms with Crippen molar-refractivity contribution in [1.82, 2.24) is 15.6 Å². The summed E-state index contributed by atoms with van der Waals surface area (Å²) in [5, 5.41) is 8.46. The summed E-state index contributed by atoms with van der Waals surface area (Å²) >= 11 is 7.75. The van der Waals surface area contributed by atoms with E-state index in [0.717, 1.165) is 27.2 Å². The van der Waals surface area contributed by atoms with Crippen LogP contribution in [-0.2, 0) is 6.54 Å². The van der Waals surface area contributed by atoms with E-state index in [2.05, 4.69) is 34.5 Å². The zero-order valence-corrected chi connectivity index (χ0v) is 17.6. The number of aromatic nitrogens is 1. The van der Waals surface area contributed by atoms with Crippen molar-refractivity contribution in [2.75, 3.05) is 7.05 Å². The van der Waals surface area contributed by atoms with Gasteiger partial charge in [0.1, 0.15) is 5.01 Å². The predicted octanol–water partition coefficient (Wildman–Crippen LogP) is 4.46. The van der Waals surface area contributed by atoms with Crippen LogP contribution in [0.4, 0.5) is 0 Å². The molecule has 0 saturated carbocycles. The molecule has 0 spiro atoms. The van der Waals surface area contributed by atoms with Crippen LogP contribution in [0.5, 0.6) is 0 Å². The fourth-order valence-electron chi connectivity index (χ4n) is 2.03. The quantitative estimate of drug-likeness (QED) is 0.399. The van der Waals surface area contributed by atoms with E-state index in [1.165, 1.54) is 4.88 Å². The Morgan fingerprint density at radius 3 is 2.70 bits per heavy atom. The van der Waals surface area contributed by atoms with Gasteiger partial charge in [-0.3, -0.25) is 4.99 Å². The molecular weight excluding hydrogens is 443 g/mol. The maximum atomic E-state index is 6.04. The molecule has 2 rings (SSSR count). The number of nitrogens with zero attached hydrogens (tertiary/aromatic N) is 2. The number of thiazole rings is 1. The van der Waals surface area contributed by atoms with E-state index in [-0.39, 0.29) is 30.0 Å². The van der Waals surface area contributed by atoms with E-state index in [4.69, 9.17) is 11.6 Å². The summed E-state index contributed by atoms with van der Waals surface area (Å²) in [4.78, 5) is 10.0. The van der Waals surface area contributed by atoms with E-state index in [0.29, 0.717) is 6.54 Å². The van der Waals surface area contributed by atoms with Crippen LogP contribution in [0.15, 0.2) is 29.3 Å². The normalized spacial score (nSPS) is 12.5. The van der Waals surface area contributed by atoms with E-state index < -0.39 is 0 Å². The summed E-state index contributed by atoms with van der Waals surface area (Å²) in [5.74, 6) is 0.748. The standard InChI is InChI=1S/C16H21ClN4S.HI/c1-10-12(3)22-15(20-10)9-19-16(18-4)21-11(2)13-6-5-7-14(17)8-13;/h5-8,11H,9H2,1-4H3,(H2,18,19,21);1H. The monoisotopic (exact) mass is 464 g/mol. The van der Waals surface area contributed by atoms with Crippen molar-refractivity contribution < 1.29 is 0 Å². The van der Waals surface area contributed by atoms with Crippen molar-refractivity contribution in [3.05, 3.63) is 50.4 Å². The first-order chi connectivity index (χ1) is 10.5. The minimum Gasteiger partial charge on any atom is -0.350 e. The average molecular weight is 465 g/mol. The Hall–Kier alpha value is -0.860. The SMILES string of the molecule is CN=C(NCc1nc(C)c(C)s1)NC(C)c1cccc(Cl)c1.I. The van der Waals surface area contributed by atoms with E-state index in [1.807, 2.05) is 31.2 Å². The second kappa shape index (κ2) is 9.44. The number of hydrogen-bond acceptors (Lipinski definition) is 3. The molecule has 0 amide bonds. The van der Waals surface area contributed by atoms with Gasteiger partial charge in [-0.25, -0.2) is 4.98 Å². The Morgan fingerprint density at radius 2 is 2.13 bits per heavy atom. The zero-order chi connectivity index (χ0) is 16.1. The number of guanidine groups is 1. The molecule has 1 atom stereocenters. The lowest BCUT2D eigenvalue weighted by Gasteiger charge is -2.18. The highest BCUT2D eigenvalue weighted by molar-refractivity contribution is 14.0. The summed E-state index contributed by atoms with van der Waals surface area (Å²) in [6, 6.07) is 7.94. The van der Waals surface area contributed by atoms with Crippen LogP contribution in [0.25, 0.3) is 0 Å². The van der Waals surface area contributed by atoms with Crippen molar-refractivity contribution in [1.29, 1.82) is 0 Å². The topological polar surface area (TPSA) is 49.3 Å². The van der Waals surface area contributed by atoms with Crippen molar-refractivity contribution in [3.8, 4) is 0 Å². The third kappa shape index (κ3) is 5.93. The summed E-state index contributed by atoms with van der Waals surface area (Å²) in [5.41, 5.74) is 2.22. The molecule has 23 heavy (non-hydrogen) atoms. The van der Waals surface area contributed by atoms with Gasteiger partial charge in [-0.15, -0.1) is 35.3 Å². The summed E-state index contributed by atoms with van der Waals surface area (Å²) < 4.78 is 0. The van der Waals surface area contributed by atoms with Crippen LogP contribution in [0.3, 0.4) is 0 Å². The molecular formula is C16H22ClIN4S. The Labute approximate surface area is 163 Å². The molecule has 0 aliphatic carbocycles. The van der Waals surface area contributed by atoms with Crippen LogP contribution in [0.2, 0.25) is 5.02 Å². The number of halogens is 2. The molecule has 2 aromatic rings. The van der Waals surface area contributed by atoms with Gasteiger partial charge in [-0.1, -0.05) is 23.7 Å². The van der Waals surface area contributed by atoms with Crippen molar-refractivity contribution in [3.63, 3.8) is 0 Å². The first kappa shape index (κ1) is 20.2. The van der Waals surface area contributed by atoms with Gasteiger partial charge in [-0.05, 0) is 38.5 Å². The van der Waals surface area contributed by atoms with E-state index in [1.54, 1.807) is 18.4 Å². The fourth-order valence-corrected chi connectivity index (χ4v) is 3.11. The average Bonchev–Trinajstić information content (AvgIpc) is 2.82. The minimum absolute atomic E-state index is 0. The largest absolute Gasteiger partial charge is 0.350 e. The third-order valence-electron chi connectivity index (χ3n) is 3.41. The predicted molar refractivity (Wildman–Crippen MR) is 110 cm³/mol. The van der Waals surface area contributed by atoms with Crippen LogP contribution in [0.1, 0.15) is 34.1 Å². The Morgan fingerprint density at radius 1 is 1.39 bits per heavy atom. The molecule has 0 bridgehead atoms. The van der Waals surface area contributed by atoms with Crippen LogP contribution in [0, 0.1) is 13.8 Å². The lowest BCUT2D eigenvalue weighted by molar-refractivity contribution is 0.684. The highest BCUT2D eigenvalue weighted by Crippen LogP contribution is 2.18. The first-order valence-electron chi connectivity index (χ1n) is 7.15. The Kier molecular flexibility index (Phi) is 8.28. The Balaban J connectivity index is 0.00000264. The number of aryl methyl sites for hydroxylation is 2. The van der Waals surface area contributed by atoms with Crippen LogP contribution >= 0.6 is 46.9 Å². The van der Waals surface area contributed by atoms with E-state index >= 15 is 0 Å². The molecule has 0 aliphatic rings. The molecule has 4 nitrogen and oxygen atoms in total. The minimum atomic E-state index is 0. The lowest BCUT2D eigenvalue weighted by Crippen LogP contribution is -2.38. The molecule has 1 heterocycles. The molecule has 7 heteroatoms. The molecule has 1 unspecified atom stereocenters. The van der Waals surface area contributed by atoms with Gasteiger partial charge in [0.15, 0.2) is 5.96 Å². The molecule has 2 N–H and O–H groups in total. The highest BCUT2D eigenvalue weighted by Gasteiger charge is 2.09. The van der Waals surface area contributed by atoms with Gasteiger partial charge in [0, 0.05) is 16.9 Å². The third-order valence-corrected chi connectivity index (χ3v) is 4.71. The number of hydrogen-bond donors (Lipinski definition) is 2. The highest BCUT2D eigenvalue weighted by atomic mass is 127. The van der Waals surface area contributed by atoms with Crippen molar-refractivity contribution in [2.45, 2.75) is 33.4 Å². The summed E-state index contributed by atoms with van der Waals surface area (Å²) in [7, 11) is 1.76. The maximum absolute atomic E-state index is 6.04. The maximum Gasteiger partial charge on any atom is 0.191 e. The number of nitrogens with one attached hydrogen (secondary N) is 2. The molecule has 0 saturated heterocycles. The molecule has 0 radical (unpaired) electrons. The lowest BCUT2D eigenvalue weighted by atomic mass is 10.1. The second-order valence-corrected chi connectivity index (χ2v) is 6.82. The molecule has 0 fully saturated rings. The summed E-state index contributed by atoms with van der Waals surface area (Å²) in [6.45, 7) is 6.87. The number of benzene rings is 1. The van der Waals surface area contributed by atoms with Crippen molar-refractivity contribution in [2.24, 2.45) is 4.99 Å².